The number of rotatable bonds is 5. The lowest BCUT2D eigenvalue weighted by atomic mass is 10.0. The maximum atomic E-state index is 10.9. The van der Waals surface area contributed by atoms with Crippen molar-refractivity contribution in [2.24, 2.45) is 5.92 Å². The fourth-order valence-electron chi connectivity index (χ4n) is 1.51. The Morgan fingerprint density at radius 2 is 2.27 bits per heavy atom. The highest BCUT2D eigenvalue weighted by molar-refractivity contribution is 5.81. The van der Waals surface area contributed by atoms with Crippen LogP contribution < -0.4 is 0 Å². The molecular formula is C13H19NO. The third-order valence-corrected chi connectivity index (χ3v) is 2.45. The minimum atomic E-state index is 0.285. The van der Waals surface area contributed by atoms with Crippen LogP contribution in [0.15, 0.2) is 23.9 Å². The van der Waals surface area contributed by atoms with E-state index in [1.807, 2.05) is 32.1 Å². The largest absolute Gasteiger partial charge is 0.348 e. The van der Waals surface area contributed by atoms with E-state index in [0.29, 0.717) is 0 Å². The number of aryl methyl sites for hydroxylation is 1. The number of carbonyl (C=O) groups is 1. The number of hydrogen-bond acceptors (Lipinski definition) is 1. The summed E-state index contributed by atoms with van der Waals surface area (Å²) in [6.07, 6.45) is 6.09. The van der Waals surface area contributed by atoms with Crippen LogP contribution in [0.4, 0.5) is 0 Å². The minimum absolute atomic E-state index is 0.285. The maximum Gasteiger partial charge on any atom is 0.146 e. The first-order chi connectivity index (χ1) is 7.19. The first-order valence-corrected chi connectivity index (χ1v) is 5.51. The predicted molar refractivity (Wildman–Crippen MR) is 63.6 cm³/mol. The van der Waals surface area contributed by atoms with E-state index in [1.54, 1.807) is 0 Å². The molecule has 0 saturated carbocycles. The standard InChI is InChI=1S/C13H19NO/c1-4-7-14-8-5-6-13(14)9-12(10-15)11(2)3/h5-6,8-11H,4,7H2,1-3H3. The maximum absolute atomic E-state index is 10.9. The van der Waals surface area contributed by atoms with Crippen molar-refractivity contribution < 1.29 is 4.79 Å². The SMILES string of the molecule is CCCn1cccc1C=C(C=O)C(C)C. The molecule has 0 atom stereocenters. The van der Waals surface area contributed by atoms with E-state index in [9.17, 15) is 4.79 Å². The molecule has 0 radical (unpaired) electrons. The molecule has 0 spiro atoms. The quantitative estimate of drug-likeness (QED) is 0.534. The topological polar surface area (TPSA) is 22.0 Å². The fraction of sp³-hybridized carbons (Fsp3) is 0.462. The molecule has 0 N–H and O–H groups in total. The average Bonchev–Trinajstić information content (AvgIpc) is 2.62. The van der Waals surface area contributed by atoms with Gasteiger partial charge in [0, 0.05) is 18.4 Å². The third kappa shape index (κ3) is 3.08. The van der Waals surface area contributed by atoms with Crippen LogP contribution in [0, 0.1) is 5.92 Å². The first-order valence-electron chi connectivity index (χ1n) is 5.51. The van der Waals surface area contributed by atoms with Gasteiger partial charge < -0.3 is 4.57 Å². The summed E-state index contributed by atoms with van der Waals surface area (Å²) in [6.45, 7) is 7.22. The van der Waals surface area contributed by atoms with Crippen molar-refractivity contribution in [3.63, 3.8) is 0 Å². The Balaban J connectivity index is 2.95. The van der Waals surface area contributed by atoms with Gasteiger partial charge in [0.1, 0.15) is 6.29 Å². The molecule has 0 aromatic carbocycles. The highest BCUT2D eigenvalue weighted by atomic mass is 16.1. The Morgan fingerprint density at radius 1 is 1.53 bits per heavy atom. The summed E-state index contributed by atoms with van der Waals surface area (Å²) in [5.41, 5.74) is 1.97. The lowest BCUT2D eigenvalue weighted by Gasteiger charge is -2.07. The second-order valence-corrected chi connectivity index (χ2v) is 4.04. The van der Waals surface area contributed by atoms with E-state index in [2.05, 4.69) is 17.7 Å². The van der Waals surface area contributed by atoms with E-state index in [4.69, 9.17) is 0 Å². The lowest BCUT2D eigenvalue weighted by molar-refractivity contribution is -0.105. The van der Waals surface area contributed by atoms with E-state index in [-0.39, 0.29) is 5.92 Å². The molecule has 1 aromatic rings. The van der Waals surface area contributed by atoms with Crippen molar-refractivity contribution in [1.29, 1.82) is 0 Å². The molecule has 0 unspecified atom stereocenters. The molecule has 1 heterocycles. The van der Waals surface area contributed by atoms with Gasteiger partial charge in [0.15, 0.2) is 0 Å². The van der Waals surface area contributed by atoms with Crippen LogP contribution in [0.5, 0.6) is 0 Å². The molecule has 82 valence electrons. The molecule has 0 aliphatic rings. The summed E-state index contributed by atoms with van der Waals surface area (Å²) >= 11 is 0. The predicted octanol–water partition coefficient (Wildman–Crippen LogP) is 3.14. The summed E-state index contributed by atoms with van der Waals surface area (Å²) in [5.74, 6) is 0.285. The van der Waals surface area contributed by atoms with Crippen LogP contribution in [0.25, 0.3) is 6.08 Å². The lowest BCUT2D eigenvalue weighted by Crippen LogP contribution is -2.00. The summed E-state index contributed by atoms with van der Waals surface area (Å²) in [7, 11) is 0. The zero-order valence-electron chi connectivity index (χ0n) is 9.73. The molecule has 1 aromatic heterocycles. The Morgan fingerprint density at radius 3 is 2.80 bits per heavy atom. The molecule has 0 aliphatic carbocycles. The van der Waals surface area contributed by atoms with Crippen molar-refractivity contribution >= 4 is 12.4 Å². The number of carbonyl (C=O) groups excluding carboxylic acids is 1. The molecule has 2 heteroatoms. The van der Waals surface area contributed by atoms with E-state index < -0.39 is 0 Å². The monoisotopic (exact) mass is 205 g/mol. The number of aromatic nitrogens is 1. The van der Waals surface area contributed by atoms with E-state index in [1.165, 1.54) is 0 Å². The van der Waals surface area contributed by atoms with Crippen molar-refractivity contribution in [2.75, 3.05) is 0 Å². The normalized spacial score (nSPS) is 12.1. The van der Waals surface area contributed by atoms with Crippen LogP contribution in [0.3, 0.4) is 0 Å². The number of allylic oxidation sites excluding steroid dienone is 1. The van der Waals surface area contributed by atoms with Gasteiger partial charge in [0.2, 0.25) is 0 Å². The zero-order valence-corrected chi connectivity index (χ0v) is 9.73. The van der Waals surface area contributed by atoms with Crippen LogP contribution in [-0.4, -0.2) is 10.9 Å². The van der Waals surface area contributed by atoms with Crippen LogP contribution in [0.2, 0.25) is 0 Å². The van der Waals surface area contributed by atoms with Gasteiger partial charge in [0.05, 0.1) is 0 Å². The van der Waals surface area contributed by atoms with Gasteiger partial charge in [0.25, 0.3) is 0 Å². The second kappa shape index (κ2) is 5.54. The smallest absolute Gasteiger partial charge is 0.146 e. The van der Waals surface area contributed by atoms with Crippen molar-refractivity contribution in [3.05, 3.63) is 29.6 Å². The third-order valence-electron chi connectivity index (χ3n) is 2.45. The van der Waals surface area contributed by atoms with Crippen molar-refractivity contribution in [2.45, 2.75) is 33.7 Å². The van der Waals surface area contributed by atoms with Gasteiger partial charge in [-0.2, -0.15) is 0 Å². The Bertz CT molecular complexity index is 347. The zero-order chi connectivity index (χ0) is 11.3. The van der Waals surface area contributed by atoms with Gasteiger partial charge in [-0.05, 0) is 36.1 Å². The number of nitrogens with zero attached hydrogens (tertiary/aromatic N) is 1. The summed E-state index contributed by atoms with van der Waals surface area (Å²) in [4.78, 5) is 10.9. The van der Waals surface area contributed by atoms with Gasteiger partial charge in [-0.25, -0.2) is 0 Å². The number of aldehydes is 1. The highest BCUT2D eigenvalue weighted by Gasteiger charge is 2.03. The molecule has 0 fully saturated rings. The van der Waals surface area contributed by atoms with Gasteiger partial charge in [-0.1, -0.05) is 20.8 Å². The second-order valence-electron chi connectivity index (χ2n) is 4.04. The first kappa shape index (κ1) is 11.8. The number of hydrogen-bond donors (Lipinski definition) is 0. The molecule has 0 amide bonds. The van der Waals surface area contributed by atoms with Crippen LogP contribution >= 0.6 is 0 Å². The van der Waals surface area contributed by atoms with Gasteiger partial charge >= 0.3 is 0 Å². The molecule has 0 bridgehead atoms. The van der Waals surface area contributed by atoms with Gasteiger partial charge in [-0.15, -0.1) is 0 Å². The minimum Gasteiger partial charge on any atom is -0.348 e. The molecule has 0 aliphatic heterocycles. The summed E-state index contributed by atoms with van der Waals surface area (Å²) in [6, 6.07) is 4.06. The molecular weight excluding hydrogens is 186 g/mol. The Kier molecular flexibility index (Phi) is 4.35. The Labute approximate surface area is 91.6 Å². The fourth-order valence-corrected chi connectivity index (χ4v) is 1.51. The van der Waals surface area contributed by atoms with Gasteiger partial charge in [-0.3, -0.25) is 4.79 Å². The van der Waals surface area contributed by atoms with Crippen molar-refractivity contribution in [3.8, 4) is 0 Å². The summed E-state index contributed by atoms with van der Waals surface area (Å²) in [5, 5.41) is 0. The summed E-state index contributed by atoms with van der Waals surface area (Å²) < 4.78 is 2.17. The molecule has 2 nitrogen and oxygen atoms in total. The molecule has 1 rings (SSSR count). The van der Waals surface area contributed by atoms with Crippen LogP contribution in [0.1, 0.15) is 32.9 Å². The van der Waals surface area contributed by atoms with Crippen LogP contribution in [-0.2, 0) is 11.3 Å². The molecule has 0 saturated heterocycles. The molecule has 15 heavy (non-hydrogen) atoms. The van der Waals surface area contributed by atoms with Crippen molar-refractivity contribution in [1.82, 2.24) is 4.57 Å². The van der Waals surface area contributed by atoms with E-state index >= 15 is 0 Å². The van der Waals surface area contributed by atoms with E-state index in [0.717, 1.165) is 30.5 Å². The average molecular weight is 205 g/mol. The highest BCUT2D eigenvalue weighted by Crippen LogP contribution is 2.13. The Hall–Kier alpha value is -1.31.